The van der Waals surface area contributed by atoms with Crippen molar-refractivity contribution in [3.63, 3.8) is 0 Å². The summed E-state index contributed by atoms with van der Waals surface area (Å²) in [6.45, 7) is 2.15. The molecule has 0 aliphatic rings. The molecule has 0 bridgehead atoms. The fraction of sp³-hybridized carbons (Fsp3) is 0.0556. The number of hydrogen-bond donors (Lipinski definition) is 1. The first-order valence-electron chi connectivity index (χ1n) is 6.68. The zero-order chi connectivity index (χ0) is 13.7. The van der Waals surface area contributed by atoms with Gasteiger partial charge in [-0.1, -0.05) is 30.3 Å². The minimum absolute atomic E-state index is 0.0503. The minimum Gasteiger partial charge on any atom is -0.354 e. The average Bonchev–Trinajstić information content (AvgIpc) is 2.47. The zero-order valence-corrected chi connectivity index (χ0v) is 11.1. The van der Waals surface area contributed by atoms with Gasteiger partial charge in [0.05, 0.1) is 5.52 Å². The highest BCUT2D eigenvalue weighted by molar-refractivity contribution is 6.10. The minimum atomic E-state index is 0.0503. The summed E-state index contributed by atoms with van der Waals surface area (Å²) in [6, 6.07) is 17.6. The topological polar surface area (TPSA) is 32.9 Å². The van der Waals surface area contributed by atoms with Crippen molar-refractivity contribution in [3.8, 4) is 0 Å². The number of fused-ring (bicyclic) bond motifs is 4. The molecule has 0 saturated heterocycles. The van der Waals surface area contributed by atoms with Crippen LogP contribution in [0.4, 0.5) is 0 Å². The molecular weight excluding hydrogens is 246 g/mol. The maximum absolute atomic E-state index is 11.5. The number of benzene rings is 3. The van der Waals surface area contributed by atoms with Crippen molar-refractivity contribution in [2.45, 2.75) is 6.92 Å². The molecule has 20 heavy (non-hydrogen) atoms. The lowest BCUT2D eigenvalue weighted by atomic mass is 10.00. The number of aromatic amines is 1. The van der Waals surface area contributed by atoms with Gasteiger partial charge in [0.15, 0.2) is 5.43 Å². The van der Waals surface area contributed by atoms with Crippen molar-refractivity contribution in [2.24, 2.45) is 0 Å². The van der Waals surface area contributed by atoms with Gasteiger partial charge in [0.25, 0.3) is 0 Å². The van der Waals surface area contributed by atoms with Crippen LogP contribution >= 0.6 is 0 Å². The van der Waals surface area contributed by atoms with E-state index >= 15 is 0 Å². The van der Waals surface area contributed by atoms with Crippen molar-refractivity contribution >= 4 is 32.6 Å². The van der Waals surface area contributed by atoms with Gasteiger partial charge in [0, 0.05) is 21.7 Å². The van der Waals surface area contributed by atoms with Crippen LogP contribution in [0.25, 0.3) is 32.6 Å². The van der Waals surface area contributed by atoms with Crippen LogP contribution in [0.1, 0.15) is 5.56 Å². The Kier molecular flexibility index (Phi) is 2.21. The van der Waals surface area contributed by atoms with E-state index in [-0.39, 0.29) is 5.43 Å². The summed E-state index contributed by atoms with van der Waals surface area (Å²) in [5, 5.41) is 4.52. The predicted molar refractivity (Wildman–Crippen MR) is 84.3 cm³/mol. The van der Waals surface area contributed by atoms with E-state index < -0.39 is 0 Å². The molecule has 0 fully saturated rings. The van der Waals surface area contributed by atoms with Gasteiger partial charge in [-0.15, -0.1) is 0 Å². The first-order valence-corrected chi connectivity index (χ1v) is 6.68. The number of hydrogen-bond acceptors (Lipinski definition) is 1. The number of para-hydroxylation sites is 1. The molecule has 0 spiro atoms. The van der Waals surface area contributed by atoms with Crippen LogP contribution in [0.5, 0.6) is 0 Å². The number of pyridine rings is 1. The highest BCUT2D eigenvalue weighted by Crippen LogP contribution is 2.29. The van der Waals surface area contributed by atoms with Gasteiger partial charge in [-0.25, -0.2) is 0 Å². The number of aryl methyl sites for hydroxylation is 1. The van der Waals surface area contributed by atoms with E-state index in [1.54, 1.807) is 12.1 Å². The number of nitrogens with one attached hydrogen (secondary N) is 1. The molecule has 1 aromatic heterocycles. The van der Waals surface area contributed by atoms with E-state index in [9.17, 15) is 4.79 Å². The van der Waals surface area contributed by atoms with Gasteiger partial charge in [0.2, 0.25) is 0 Å². The van der Waals surface area contributed by atoms with Crippen LogP contribution < -0.4 is 5.43 Å². The molecule has 0 aliphatic carbocycles. The first-order chi connectivity index (χ1) is 9.74. The summed E-state index contributed by atoms with van der Waals surface area (Å²) in [4.78, 5) is 15.0. The van der Waals surface area contributed by atoms with Gasteiger partial charge < -0.3 is 4.98 Å². The van der Waals surface area contributed by atoms with Crippen molar-refractivity contribution in [3.05, 3.63) is 70.4 Å². The second-order valence-corrected chi connectivity index (χ2v) is 5.17. The molecule has 96 valence electrons. The van der Waals surface area contributed by atoms with E-state index in [4.69, 9.17) is 0 Å². The maximum Gasteiger partial charge on any atom is 0.179 e. The quantitative estimate of drug-likeness (QED) is 0.373. The third-order valence-electron chi connectivity index (χ3n) is 3.99. The Labute approximate surface area is 115 Å². The van der Waals surface area contributed by atoms with E-state index in [0.717, 1.165) is 21.8 Å². The normalized spacial score (nSPS) is 11.4. The van der Waals surface area contributed by atoms with Crippen molar-refractivity contribution in [1.82, 2.24) is 4.98 Å². The third kappa shape index (κ3) is 1.48. The summed E-state index contributed by atoms with van der Waals surface area (Å²) in [7, 11) is 0. The smallest absolute Gasteiger partial charge is 0.179 e. The molecular formula is C18H13NO. The van der Waals surface area contributed by atoms with E-state index in [0.29, 0.717) is 0 Å². The number of H-pyrrole nitrogens is 1. The first kappa shape index (κ1) is 11.2. The van der Waals surface area contributed by atoms with Crippen LogP contribution in [0.15, 0.2) is 59.4 Å². The van der Waals surface area contributed by atoms with Crippen LogP contribution in [0, 0.1) is 6.92 Å². The molecule has 0 amide bonds. The summed E-state index contributed by atoms with van der Waals surface area (Å²) >= 11 is 0. The summed E-state index contributed by atoms with van der Waals surface area (Å²) in [6.07, 6.45) is 0. The Balaban J connectivity index is 2.30. The van der Waals surface area contributed by atoms with Crippen LogP contribution in [0.3, 0.4) is 0 Å². The SMILES string of the molecule is Cc1c2ccccc2[nH]c2c1ccc1cc(=O)ccc12. The number of rotatable bonds is 0. The summed E-state index contributed by atoms with van der Waals surface area (Å²) in [5.74, 6) is 0. The fourth-order valence-electron chi connectivity index (χ4n) is 2.95. The Bertz CT molecular complexity index is 1030. The summed E-state index contributed by atoms with van der Waals surface area (Å²) in [5.41, 5.74) is 3.53. The Morgan fingerprint density at radius 1 is 0.850 bits per heavy atom. The largest absolute Gasteiger partial charge is 0.354 e. The van der Waals surface area contributed by atoms with E-state index in [1.807, 2.05) is 18.2 Å². The van der Waals surface area contributed by atoms with E-state index in [1.165, 1.54) is 16.3 Å². The molecule has 0 radical (unpaired) electrons. The van der Waals surface area contributed by atoms with Gasteiger partial charge in [-0.2, -0.15) is 0 Å². The molecule has 1 N–H and O–H groups in total. The maximum atomic E-state index is 11.5. The second kappa shape index (κ2) is 3.94. The molecule has 2 nitrogen and oxygen atoms in total. The van der Waals surface area contributed by atoms with Gasteiger partial charge in [0.1, 0.15) is 0 Å². The highest BCUT2D eigenvalue weighted by atomic mass is 16.1. The monoisotopic (exact) mass is 259 g/mol. The Morgan fingerprint density at radius 2 is 1.65 bits per heavy atom. The molecule has 3 aromatic carbocycles. The molecule has 4 rings (SSSR count). The molecule has 0 atom stereocenters. The van der Waals surface area contributed by atoms with Crippen LogP contribution in [0.2, 0.25) is 0 Å². The van der Waals surface area contributed by atoms with Crippen molar-refractivity contribution in [2.75, 3.05) is 0 Å². The van der Waals surface area contributed by atoms with Crippen molar-refractivity contribution < 1.29 is 0 Å². The lowest BCUT2D eigenvalue weighted by Crippen LogP contribution is -1.96. The lowest BCUT2D eigenvalue weighted by molar-refractivity contribution is 1.47. The molecule has 0 saturated carbocycles. The fourth-order valence-corrected chi connectivity index (χ4v) is 2.95. The second-order valence-electron chi connectivity index (χ2n) is 5.17. The van der Waals surface area contributed by atoms with E-state index in [2.05, 4.69) is 36.2 Å². The Hall–Kier alpha value is -2.61. The van der Waals surface area contributed by atoms with Crippen LogP contribution in [-0.2, 0) is 0 Å². The predicted octanol–water partition coefficient (Wildman–Crippen LogP) is 4.14. The molecule has 2 heteroatoms. The number of aromatic nitrogens is 1. The highest BCUT2D eigenvalue weighted by Gasteiger charge is 2.07. The molecule has 0 aliphatic heterocycles. The zero-order valence-electron chi connectivity index (χ0n) is 11.1. The molecule has 1 heterocycles. The Morgan fingerprint density at radius 3 is 2.55 bits per heavy atom. The standard InChI is InChI=1S/C18H13NO/c1-11-14-4-2-3-5-17(14)19-18-15(11)8-6-12-10-13(20)7-9-16(12)18/h2-10,19H,1H3. The van der Waals surface area contributed by atoms with Gasteiger partial charge >= 0.3 is 0 Å². The van der Waals surface area contributed by atoms with Gasteiger partial charge in [-0.3, -0.25) is 4.79 Å². The lowest BCUT2D eigenvalue weighted by Gasteiger charge is -2.10. The van der Waals surface area contributed by atoms with Gasteiger partial charge in [-0.05, 0) is 42.1 Å². The average molecular weight is 259 g/mol. The van der Waals surface area contributed by atoms with Crippen LogP contribution in [-0.4, -0.2) is 4.98 Å². The molecule has 0 unspecified atom stereocenters. The summed E-state index contributed by atoms with van der Waals surface area (Å²) < 4.78 is 0. The van der Waals surface area contributed by atoms with Crippen molar-refractivity contribution in [1.29, 1.82) is 0 Å². The third-order valence-corrected chi connectivity index (χ3v) is 3.99. The molecule has 4 aromatic rings.